The zero-order chi connectivity index (χ0) is 14.7. The third-order valence-electron chi connectivity index (χ3n) is 2.87. The average Bonchev–Trinajstić information content (AvgIpc) is 2.43. The molecule has 0 radical (unpaired) electrons. The fourth-order valence-electron chi connectivity index (χ4n) is 1.81. The molecule has 0 fully saturated rings. The van der Waals surface area contributed by atoms with Crippen LogP contribution in [0, 0.1) is 10.1 Å². The predicted octanol–water partition coefficient (Wildman–Crippen LogP) is 1.64. The fraction of sp³-hybridized carbons (Fsp3) is 0.231. The summed E-state index contributed by atoms with van der Waals surface area (Å²) >= 11 is 0. The number of rotatable bonds is 4. The van der Waals surface area contributed by atoms with Crippen LogP contribution in [0.25, 0.3) is 10.9 Å². The molecule has 1 aromatic heterocycles. The minimum atomic E-state index is -0.466. The van der Waals surface area contributed by atoms with Crippen LogP contribution in [0.3, 0.4) is 0 Å². The zero-order valence-corrected chi connectivity index (χ0v) is 11.2. The van der Waals surface area contributed by atoms with Crippen LogP contribution in [0.2, 0.25) is 0 Å². The Morgan fingerprint density at radius 3 is 2.80 bits per heavy atom. The van der Waals surface area contributed by atoms with E-state index >= 15 is 0 Å². The maximum Gasteiger partial charge on any atom is 0.301 e. The first-order valence-corrected chi connectivity index (χ1v) is 5.97. The van der Waals surface area contributed by atoms with Crippen molar-refractivity contribution in [3.05, 3.63) is 40.6 Å². The van der Waals surface area contributed by atoms with Crippen molar-refractivity contribution in [3.8, 4) is 0 Å². The monoisotopic (exact) mass is 274 g/mol. The highest BCUT2D eigenvalue weighted by Crippen LogP contribution is 2.32. The summed E-state index contributed by atoms with van der Waals surface area (Å²) < 4.78 is 0. The van der Waals surface area contributed by atoms with Gasteiger partial charge < -0.3 is 10.2 Å². The molecule has 20 heavy (non-hydrogen) atoms. The number of nitrogens with one attached hydrogen (secondary N) is 1. The summed E-state index contributed by atoms with van der Waals surface area (Å²) in [6.45, 7) is -0.000388. The number of benzene rings is 1. The molecule has 0 saturated heterocycles. The molecular weight excluding hydrogens is 260 g/mol. The Balaban J connectivity index is 2.40. The maximum absolute atomic E-state index is 11.5. The van der Waals surface area contributed by atoms with Crippen LogP contribution in [-0.2, 0) is 4.79 Å². The molecule has 0 aliphatic heterocycles. The number of amides is 1. The second-order valence-corrected chi connectivity index (χ2v) is 4.43. The Bertz CT molecular complexity index is 670. The number of pyridine rings is 1. The standard InChI is InChI=1S/C13H14N4O3/c1-16(2)12(18)8-15-11-6-5-10-9(4-3-7-14-10)13(11)17(19)20/h3-7,15H,8H2,1-2H3. The van der Waals surface area contributed by atoms with Gasteiger partial charge in [0.2, 0.25) is 5.91 Å². The molecule has 0 unspecified atom stereocenters. The molecule has 0 aliphatic carbocycles. The van der Waals surface area contributed by atoms with Crippen LogP contribution in [0.1, 0.15) is 0 Å². The van der Waals surface area contributed by atoms with E-state index in [0.717, 1.165) is 0 Å². The van der Waals surface area contributed by atoms with Crippen LogP contribution in [0.5, 0.6) is 0 Å². The SMILES string of the molecule is CN(C)C(=O)CNc1ccc2ncccc2c1[N+](=O)[O-]. The molecule has 1 N–H and O–H groups in total. The number of carbonyl (C=O) groups excluding carboxylic acids is 1. The van der Waals surface area contributed by atoms with Gasteiger partial charge in [-0.15, -0.1) is 0 Å². The first-order chi connectivity index (χ1) is 9.50. The van der Waals surface area contributed by atoms with E-state index in [0.29, 0.717) is 16.6 Å². The largest absolute Gasteiger partial charge is 0.371 e. The third-order valence-corrected chi connectivity index (χ3v) is 2.87. The lowest BCUT2D eigenvalue weighted by Crippen LogP contribution is -2.28. The number of nitro groups is 1. The van der Waals surface area contributed by atoms with Crippen molar-refractivity contribution < 1.29 is 9.72 Å². The number of hydrogen-bond acceptors (Lipinski definition) is 5. The molecule has 0 bridgehead atoms. The highest BCUT2D eigenvalue weighted by molar-refractivity contribution is 5.95. The number of nitrogens with zero attached hydrogens (tertiary/aromatic N) is 3. The van der Waals surface area contributed by atoms with Crippen LogP contribution < -0.4 is 5.32 Å². The van der Waals surface area contributed by atoms with Crippen molar-refractivity contribution in [1.82, 2.24) is 9.88 Å². The van der Waals surface area contributed by atoms with Gasteiger partial charge in [-0.1, -0.05) is 0 Å². The topological polar surface area (TPSA) is 88.4 Å². The van der Waals surface area contributed by atoms with E-state index in [1.165, 1.54) is 4.90 Å². The van der Waals surface area contributed by atoms with E-state index in [-0.39, 0.29) is 18.1 Å². The first kappa shape index (κ1) is 13.7. The summed E-state index contributed by atoms with van der Waals surface area (Å²) in [6.07, 6.45) is 1.58. The van der Waals surface area contributed by atoms with Crippen LogP contribution >= 0.6 is 0 Å². The number of nitro benzene ring substituents is 1. The van der Waals surface area contributed by atoms with Gasteiger partial charge in [-0.25, -0.2) is 0 Å². The normalized spacial score (nSPS) is 10.3. The van der Waals surface area contributed by atoms with Crippen LogP contribution in [0.15, 0.2) is 30.5 Å². The predicted molar refractivity (Wildman–Crippen MR) is 75.6 cm³/mol. The third kappa shape index (κ3) is 2.66. The number of aromatic nitrogens is 1. The van der Waals surface area contributed by atoms with E-state index in [1.54, 1.807) is 44.6 Å². The van der Waals surface area contributed by atoms with E-state index in [2.05, 4.69) is 10.3 Å². The lowest BCUT2D eigenvalue weighted by Gasteiger charge is -2.12. The molecule has 104 valence electrons. The Kier molecular flexibility index (Phi) is 3.79. The number of likely N-dealkylation sites (N-methyl/N-ethyl adjacent to an activating group) is 1. The molecule has 2 aromatic rings. The van der Waals surface area contributed by atoms with Crippen molar-refractivity contribution >= 4 is 28.2 Å². The van der Waals surface area contributed by atoms with Crippen molar-refractivity contribution in [2.75, 3.05) is 26.0 Å². The van der Waals surface area contributed by atoms with Gasteiger partial charge >= 0.3 is 5.69 Å². The fourth-order valence-corrected chi connectivity index (χ4v) is 1.81. The summed E-state index contributed by atoms with van der Waals surface area (Å²) in [5.41, 5.74) is 0.788. The maximum atomic E-state index is 11.5. The second kappa shape index (κ2) is 5.52. The summed E-state index contributed by atoms with van der Waals surface area (Å²) in [5, 5.41) is 14.5. The van der Waals surface area contributed by atoms with Crippen LogP contribution in [0.4, 0.5) is 11.4 Å². The lowest BCUT2D eigenvalue weighted by molar-refractivity contribution is -0.382. The summed E-state index contributed by atoms with van der Waals surface area (Å²) in [5.74, 6) is -0.161. The summed E-state index contributed by atoms with van der Waals surface area (Å²) in [4.78, 5) is 27.8. The molecular formula is C13H14N4O3. The molecule has 0 aliphatic rings. The van der Waals surface area contributed by atoms with E-state index < -0.39 is 4.92 Å². The molecule has 1 amide bonds. The number of hydrogen-bond donors (Lipinski definition) is 1. The van der Waals surface area contributed by atoms with Gasteiger partial charge in [0, 0.05) is 20.3 Å². The van der Waals surface area contributed by atoms with Crippen molar-refractivity contribution in [2.45, 2.75) is 0 Å². The Hall–Kier alpha value is -2.70. The van der Waals surface area contributed by atoms with E-state index in [4.69, 9.17) is 0 Å². The lowest BCUT2D eigenvalue weighted by atomic mass is 10.1. The molecule has 0 saturated carbocycles. The second-order valence-electron chi connectivity index (χ2n) is 4.43. The van der Waals surface area contributed by atoms with Crippen molar-refractivity contribution in [1.29, 1.82) is 0 Å². The van der Waals surface area contributed by atoms with Gasteiger partial charge in [0.05, 0.1) is 22.4 Å². The van der Waals surface area contributed by atoms with Crippen LogP contribution in [-0.4, -0.2) is 41.4 Å². The molecule has 7 heteroatoms. The number of anilines is 1. The Morgan fingerprint density at radius 2 is 2.15 bits per heavy atom. The molecule has 1 heterocycles. The minimum absolute atomic E-state index is 0.000388. The van der Waals surface area contributed by atoms with Crippen molar-refractivity contribution in [2.24, 2.45) is 0 Å². The molecule has 0 spiro atoms. The molecule has 0 atom stereocenters. The minimum Gasteiger partial charge on any atom is -0.371 e. The molecule has 7 nitrogen and oxygen atoms in total. The molecule has 2 rings (SSSR count). The van der Waals surface area contributed by atoms with E-state index in [9.17, 15) is 14.9 Å². The Morgan fingerprint density at radius 1 is 1.40 bits per heavy atom. The van der Waals surface area contributed by atoms with Gasteiger partial charge in [-0.2, -0.15) is 0 Å². The van der Waals surface area contributed by atoms with Gasteiger partial charge in [0.1, 0.15) is 5.69 Å². The molecule has 1 aromatic carbocycles. The number of carbonyl (C=O) groups is 1. The highest BCUT2D eigenvalue weighted by Gasteiger charge is 2.19. The zero-order valence-electron chi connectivity index (χ0n) is 11.2. The highest BCUT2D eigenvalue weighted by atomic mass is 16.6. The smallest absolute Gasteiger partial charge is 0.301 e. The van der Waals surface area contributed by atoms with Gasteiger partial charge in [0.25, 0.3) is 0 Å². The van der Waals surface area contributed by atoms with Crippen molar-refractivity contribution in [3.63, 3.8) is 0 Å². The van der Waals surface area contributed by atoms with Gasteiger partial charge in [0.15, 0.2) is 0 Å². The quantitative estimate of drug-likeness (QED) is 0.676. The summed E-state index contributed by atoms with van der Waals surface area (Å²) in [7, 11) is 3.26. The van der Waals surface area contributed by atoms with E-state index in [1.807, 2.05) is 0 Å². The van der Waals surface area contributed by atoms with Gasteiger partial charge in [-0.3, -0.25) is 19.9 Å². The summed E-state index contributed by atoms with van der Waals surface area (Å²) in [6, 6.07) is 6.53. The first-order valence-electron chi connectivity index (χ1n) is 5.97. The Labute approximate surface area is 115 Å². The van der Waals surface area contributed by atoms with Gasteiger partial charge in [-0.05, 0) is 24.3 Å². The number of fused-ring (bicyclic) bond motifs is 1. The average molecular weight is 274 g/mol.